The zero-order valence-electron chi connectivity index (χ0n) is 33.6. The molecule has 0 unspecified atom stereocenters. The number of hydrogen-bond acceptors (Lipinski definition) is 4. The lowest BCUT2D eigenvalue weighted by atomic mass is 9.81. The van der Waals surface area contributed by atoms with Crippen LogP contribution in [0.3, 0.4) is 0 Å². The average Bonchev–Trinajstić information content (AvgIpc) is 4.04. The van der Waals surface area contributed by atoms with Gasteiger partial charge in [0.05, 0.1) is 16.1 Å². The standard InChI is InChI=1S/C57H37NO2S/c1-57(2)45-22-10-6-18-38(45)39-29-27-35(31-46(39)57)53-54-42-20-8-12-25-49(42)59-51(54)33-44-43-32-36(28-30-50(43)60-55(44)53)58(47-23-11-7-17-37(47)34-15-4-3-5-16-34)48-24-14-21-41-40-19-9-13-26-52(40)61-56(41)48/h3-33H,1-2H3. The molecule has 0 spiro atoms. The second kappa shape index (κ2) is 12.8. The fourth-order valence-corrected chi connectivity index (χ4v) is 11.4. The van der Waals surface area contributed by atoms with Gasteiger partial charge in [0, 0.05) is 59.2 Å². The van der Waals surface area contributed by atoms with Gasteiger partial charge < -0.3 is 13.7 Å². The van der Waals surface area contributed by atoms with Crippen LogP contribution in [0.15, 0.2) is 197 Å². The van der Waals surface area contributed by atoms with Crippen LogP contribution in [0.25, 0.3) is 97.4 Å². The lowest BCUT2D eigenvalue weighted by Crippen LogP contribution is -2.14. The molecule has 0 aliphatic heterocycles. The van der Waals surface area contributed by atoms with E-state index in [2.05, 4.69) is 201 Å². The zero-order chi connectivity index (χ0) is 40.4. The minimum Gasteiger partial charge on any atom is -0.456 e. The molecule has 0 N–H and O–H groups in total. The maximum atomic E-state index is 7.09. The van der Waals surface area contributed by atoms with Gasteiger partial charge in [-0.05, 0) is 88.0 Å². The molecule has 3 heterocycles. The van der Waals surface area contributed by atoms with Crippen molar-refractivity contribution in [3.05, 3.63) is 199 Å². The molecule has 0 saturated heterocycles. The van der Waals surface area contributed by atoms with E-state index in [0.29, 0.717) is 0 Å². The van der Waals surface area contributed by atoms with Gasteiger partial charge >= 0.3 is 0 Å². The van der Waals surface area contributed by atoms with Gasteiger partial charge in [0.2, 0.25) is 0 Å². The molecule has 4 heteroatoms. The molecule has 0 radical (unpaired) electrons. The Morgan fingerprint density at radius 2 is 1.15 bits per heavy atom. The first-order valence-corrected chi connectivity index (χ1v) is 21.7. The summed E-state index contributed by atoms with van der Waals surface area (Å²) in [5.74, 6) is 0. The van der Waals surface area contributed by atoms with Gasteiger partial charge in [0.15, 0.2) is 0 Å². The Labute approximate surface area is 356 Å². The molecule has 0 atom stereocenters. The van der Waals surface area contributed by atoms with Crippen LogP contribution in [0.5, 0.6) is 0 Å². The normalized spacial score (nSPS) is 13.2. The molecule has 0 bridgehead atoms. The van der Waals surface area contributed by atoms with Gasteiger partial charge in [0.25, 0.3) is 0 Å². The number of fused-ring (bicyclic) bond motifs is 12. The van der Waals surface area contributed by atoms with Crippen LogP contribution in [0.2, 0.25) is 0 Å². The highest BCUT2D eigenvalue weighted by atomic mass is 32.1. The van der Waals surface area contributed by atoms with Crippen LogP contribution in [0.4, 0.5) is 17.1 Å². The fourth-order valence-electron chi connectivity index (χ4n) is 10.2. The van der Waals surface area contributed by atoms with Gasteiger partial charge in [-0.3, -0.25) is 0 Å². The number of nitrogens with zero attached hydrogens (tertiary/aromatic N) is 1. The molecule has 13 rings (SSSR count). The topological polar surface area (TPSA) is 29.5 Å². The third-order valence-electron chi connectivity index (χ3n) is 13.1. The Morgan fingerprint density at radius 1 is 0.443 bits per heavy atom. The third-order valence-corrected chi connectivity index (χ3v) is 14.3. The van der Waals surface area contributed by atoms with Crippen LogP contribution in [-0.2, 0) is 5.41 Å². The molecule has 0 saturated carbocycles. The van der Waals surface area contributed by atoms with Crippen LogP contribution >= 0.6 is 11.3 Å². The van der Waals surface area contributed by atoms with Crippen LogP contribution in [0.1, 0.15) is 25.0 Å². The number of para-hydroxylation sites is 2. The summed E-state index contributed by atoms with van der Waals surface area (Å²) in [6.07, 6.45) is 0. The second-order valence-corrected chi connectivity index (χ2v) is 17.8. The molecule has 9 aromatic carbocycles. The van der Waals surface area contributed by atoms with E-state index >= 15 is 0 Å². The maximum absolute atomic E-state index is 7.09. The highest BCUT2D eigenvalue weighted by Crippen LogP contribution is 2.53. The molecular weight excluding hydrogens is 763 g/mol. The van der Waals surface area contributed by atoms with E-state index in [1.165, 1.54) is 48.0 Å². The molecule has 1 aliphatic carbocycles. The summed E-state index contributed by atoms with van der Waals surface area (Å²) >= 11 is 1.85. The van der Waals surface area contributed by atoms with Crippen molar-refractivity contribution in [3.63, 3.8) is 0 Å². The fraction of sp³-hybridized carbons (Fsp3) is 0.0526. The largest absolute Gasteiger partial charge is 0.456 e. The molecule has 0 amide bonds. The van der Waals surface area contributed by atoms with Crippen LogP contribution < -0.4 is 4.90 Å². The molecule has 12 aromatic rings. The van der Waals surface area contributed by atoms with E-state index in [4.69, 9.17) is 8.83 Å². The minimum atomic E-state index is -0.146. The Hall–Kier alpha value is -7.40. The zero-order valence-corrected chi connectivity index (χ0v) is 34.4. The quantitative estimate of drug-likeness (QED) is 0.174. The Balaban J connectivity index is 1.09. The third kappa shape index (κ3) is 4.97. The number of hydrogen-bond donors (Lipinski definition) is 0. The smallest absolute Gasteiger partial charge is 0.144 e. The molecule has 1 aliphatic rings. The lowest BCUT2D eigenvalue weighted by molar-refractivity contribution is 0.660. The number of anilines is 3. The van der Waals surface area contributed by atoms with Crippen molar-refractivity contribution in [2.24, 2.45) is 0 Å². The van der Waals surface area contributed by atoms with Gasteiger partial charge in [-0.2, -0.15) is 0 Å². The first kappa shape index (κ1) is 34.5. The van der Waals surface area contributed by atoms with Crippen molar-refractivity contribution in [3.8, 4) is 33.4 Å². The Bertz CT molecular complexity index is 3750. The number of thiophene rings is 1. The van der Waals surface area contributed by atoms with Gasteiger partial charge in [-0.15, -0.1) is 11.3 Å². The SMILES string of the molecule is CC1(C)c2ccccc2-c2ccc(-c3c4oc5ccc(N(c6ccccc6-c6ccccc6)c6cccc7c6sc6ccccc67)cc5c4cc4oc5ccccc5c34)cc21. The summed E-state index contributed by atoms with van der Waals surface area (Å²) < 4.78 is 16.3. The monoisotopic (exact) mass is 799 g/mol. The van der Waals surface area contributed by atoms with E-state index in [9.17, 15) is 0 Å². The maximum Gasteiger partial charge on any atom is 0.144 e. The van der Waals surface area contributed by atoms with Crippen molar-refractivity contribution in [2.45, 2.75) is 19.3 Å². The predicted molar refractivity (Wildman–Crippen MR) is 257 cm³/mol. The average molecular weight is 800 g/mol. The highest BCUT2D eigenvalue weighted by Gasteiger charge is 2.36. The molecule has 61 heavy (non-hydrogen) atoms. The molecular formula is C57H37NO2S. The van der Waals surface area contributed by atoms with Gasteiger partial charge in [0.1, 0.15) is 22.3 Å². The number of benzene rings is 9. The summed E-state index contributed by atoms with van der Waals surface area (Å²) in [6, 6.07) is 68.0. The van der Waals surface area contributed by atoms with E-state index in [1.807, 2.05) is 17.4 Å². The van der Waals surface area contributed by atoms with Crippen LogP contribution in [-0.4, -0.2) is 0 Å². The van der Waals surface area contributed by atoms with Crippen LogP contribution in [0, 0.1) is 0 Å². The first-order chi connectivity index (χ1) is 30.0. The first-order valence-electron chi connectivity index (χ1n) is 20.9. The molecule has 288 valence electrons. The molecule has 3 aromatic heterocycles. The summed E-state index contributed by atoms with van der Waals surface area (Å²) in [5.41, 5.74) is 16.4. The van der Waals surface area contributed by atoms with E-state index in [-0.39, 0.29) is 5.41 Å². The second-order valence-electron chi connectivity index (χ2n) is 16.8. The van der Waals surface area contributed by atoms with E-state index in [0.717, 1.165) is 77.6 Å². The minimum absolute atomic E-state index is 0.146. The van der Waals surface area contributed by atoms with E-state index in [1.54, 1.807) is 0 Å². The van der Waals surface area contributed by atoms with E-state index < -0.39 is 0 Å². The molecule has 3 nitrogen and oxygen atoms in total. The highest BCUT2D eigenvalue weighted by molar-refractivity contribution is 7.26. The molecule has 0 fully saturated rings. The van der Waals surface area contributed by atoms with Crippen molar-refractivity contribution in [1.82, 2.24) is 0 Å². The van der Waals surface area contributed by atoms with Crippen molar-refractivity contribution in [1.29, 1.82) is 0 Å². The summed E-state index contributed by atoms with van der Waals surface area (Å²) in [7, 11) is 0. The lowest BCUT2D eigenvalue weighted by Gasteiger charge is -2.28. The summed E-state index contributed by atoms with van der Waals surface area (Å²) in [6.45, 7) is 4.68. The van der Waals surface area contributed by atoms with Gasteiger partial charge in [-0.1, -0.05) is 147 Å². The summed E-state index contributed by atoms with van der Waals surface area (Å²) in [5, 5.41) is 6.75. The Kier molecular flexibility index (Phi) is 7.23. The van der Waals surface area contributed by atoms with Gasteiger partial charge in [-0.25, -0.2) is 0 Å². The Morgan fingerprint density at radius 3 is 2.05 bits per heavy atom. The van der Waals surface area contributed by atoms with Crippen molar-refractivity contribution < 1.29 is 8.83 Å². The van der Waals surface area contributed by atoms with Crippen molar-refractivity contribution in [2.75, 3.05) is 4.90 Å². The summed E-state index contributed by atoms with van der Waals surface area (Å²) in [4.78, 5) is 2.44. The van der Waals surface area contributed by atoms with Crippen molar-refractivity contribution >= 4 is 92.4 Å². The predicted octanol–water partition coefficient (Wildman–Crippen LogP) is 17.0. The number of rotatable bonds is 5. The number of furan rings is 2.